The number of morpholine rings is 1. The van der Waals surface area contributed by atoms with Crippen LogP contribution in [0, 0.1) is 0 Å². The molecule has 1 fully saturated rings. The van der Waals surface area contributed by atoms with Gasteiger partial charge in [-0.1, -0.05) is 18.2 Å². The molecule has 142 valence electrons. The Morgan fingerprint density at radius 2 is 2.00 bits per heavy atom. The van der Waals surface area contributed by atoms with Crippen LogP contribution in [0.15, 0.2) is 29.3 Å². The summed E-state index contributed by atoms with van der Waals surface area (Å²) >= 11 is 0. The van der Waals surface area contributed by atoms with Crippen LogP contribution in [0.25, 0.3) is 0 Å². The van der Waals surface area contributed by atoms with Crippen molar-refractivity contribution in [3.63, 3.8) is 0 Å². The van der Waals surface area contributed by atoms with Gasteiger partial charge in [0.2, 0.25) is 0 Å². The number of nitrogens with one attached hydrogen (secondary N) is 2. The van der Waals surface area contributed by atoms with Crippen molar-refractivity contribution in [2.75, 3.05) is 46.5 Å². The standard InChI is InChI=1S/C18H30N4O2.HI/c1-4-19-18(20-13-15(2)22-9-11-24-12-10-22)21-14-16-7-5-6-8-17(16)23-3;/h5-8,15H,4,9-14H2,1-3H3,(H2,19,20,21);1H. The van der Waals surface area contributed by atoms with Crippen molar-refractivity contribution in [3.05, 3.63) is 29.8 Å². The fourth-order valence-electron chi connectivity index (χ4n) is 2.73. The molecule has 0 aromatic heterocycles. The Hall–Kier alpha value is -1.06. The molecule has 25 heavy (non-hydrogen) atoms. The van der Waals surface area contributed by atoms with Crippen molar-refractivity contribution >= 4 is 29.9 Å². The fraction of sp³-hybridized carbons (Fsp3) is 0.611. The number of aliphatic imine (C=N–C) groups is 1. The Kier molecular flexibility index (Phi) is 10.8. The minimum absolute atomic E-state index is 0. The van der Waals surface area contributed by atoms with Crippen molar-refractivity contribution in [3.8, 4) is 5.75 Å². The van der Waals surface area contributed by atoms with Gasteiger partial charge in [-0.2, -0.15) is 0 Å². The Morgan fingerprint density at radius 3 is 2.68 bits per heavy atom. The second kappa shape index (κ2) is 12.3. The minimum atomic E-state index is 0. The quantitative estimate of drug-likeness (QED) is 0.369. The first-order valence-corrected chi connectivity index (χ1v) is 8.70. The highest BCUT2D eigenvalue weighted by atomic mass is 127. The third-order valence-electron chi connectivity index (χ3n) is 4.18. The lowest BCUT2D eigenvalue weighted by molar-refractivity contribution is 0.0211. The summed E-state index contributed by atoms with van der Waals surface area (Å²) in [6.07, 6.45) is 0. The van der Waals surface area contributed by atoms with Gasteiger partial charge in [0.25, 0.3) is 0 Å². The monoisotopic (exact) mass is 462 g/mol. The van der Waals surface area contributed by atoms with Crippen LogP contribution in [0.5, 0.6) is 5.75 Å². The molecule has 1 atom stereocenters. The zero-order valence-corrected chi connectivity index (χ0v) is 17.8. The highest BCUT2D eigenvalue weighted by molar-refractivity contribution is 14.0. The van der Waals surface area contributed by atoms with E-state index in [-0.39, 0.29) is 24.0 Å². The molecule has 1 saturated heterocycles. The van der Waals surface area contributed by atoms with Crippen molar-refractivity contribution in [1.82, 2.24) is 15.5 Å². The van der Waals surface area contributed by atoms with E-state index in [0.29, 0.717) is 12.6 Å². The van der Waals surface area contributed by atoms with Crippen LogP contribution < -0.4 is 15.4 Å². The summed E-state index contributed by atoms with van der Waals surface area (Å²) in [6, 6.07) is 8.44. The molecule has 0 saturated carbocycles. The molecule has 1 heterocycles. The molecule has 2 rings (SSSR count). The maximum Gasteiger partial charge on any atom is 0.191 e. The van der Waals surface area contributed by atoms with Crippen molar-refractivity contribution in [2.24, 2.45) is 4.99 Å². The van der Waals surface area contributed by atoms with E-state index in [1.165, 1.54) is 0 Å². The van der Waals surface area contributed by atoms with Crippen molar-refractivity contribution < 1.29 is 9.47 Å². The van der Waals surface area contributed by atoms with Gasteiger partial charge in [0.05, 0.1) is 26.9 Å². The van der Waals surface area contributed by atoms with Gasteiger partial charge in [0.1, 0.15) is 5.75 Å². The summed E-state index contributed by atoms with van der Waals surface area (Å²) in [7, 11) is 1.69. The predicted octanol–water partition coefficient (Wildman–Crippen LogP) is 2.09. The summed E-state index contributed by atoms with van der Waals surface area (Å²) in [6.45, 7) is 10.2. The van der Waals surface area contributed by atoms with Gasteiger partial charge in [-0.3, -0.25) is 4.90 Å². The molecule has 1 aromatic carbocycles. The molecular weight excluding hydrogens is 431 g/mol. The first-order valence-electron chi connectivity index (χ1n) is 8.70. The summed E-state index contributed by atoms with van der Waals surface area (Å²) < 4.78 is 10.8. The molecule has 1 aromatic rings. The van der Waals surface area contributed by atoms with Gasteiger partial charge in [-0.25, -0.2) is 4.99 Å². The second-order valence-corrected chi connectivity index (χ2v) is 5.89. The number of benzene rings is 1. The van der Waals surface area contributed by atoms with E-state index in [1.807, 2.05) is 24.3 Å². The van der Waals surface area contributed by atoms with Gasteiger partial charge in [-0.05, 0) is 19.9 Å². The van der Waals surface area contributed by atoms with Crippen molar-refractivity contribution in [2.45, 2.75) is 26.4 Å². The summed E-state index contributed by atoms with van der Waals surface area (Å²) in [4.78, 5) is 7.13. The number of hydrogen-bond donors (Lipinski definition) is 2. The molecule has 7 heteroatoms. The number of halogens is 1. The van der Waals surface area contributed by atoms with E-state index >= 15 is 0 Å². The van der Waals surface area contributed by atoms with E-state index in [1.54, 1.807) is 7.11 Å². The average molecular weight is 462 g/mol. The van der Waals surface area contributed by atoms with Gasteiger partial charge in [-0.15, -0.1) is 24.0 Å². The predicted molar refractivity (Wildman–Crippen MR) is 113 cm³/mol. The van der Waals surface area contributed by atoms with E-state index in [2.05, 4.69) is 34.4 Å². The number of methoxy groups -OCH3 is 1. The third kappa shape index (κ3) is 7.37. The van der Waals surface area contributed by atoms with Crippen molar-refractivity contribution in [1.29, 1.82) is 0 Å². The molecule has 0 radical (unpaired) electrons. The Bertz CT molecular complexity index is 522. The van der Waals surface area contributed by atoms with Crippen LogP contribution in [0.4, 0.5) is 0 Å². The topological polar surface area (TPSA) is 58.1 Å². The molecule has 1 aliphatic heterocycles. The number of rotatable bonds is 7. The molecule has 0 aliphatic carbocycles. The zero-order chi connectivity index (χ0) is 17.2. The second-order valence-electron chi connectivity index (χ2n) is 5.89. The summed E-state index contributed by atoms with van der Waals surface area (Å²) in [5, 5.41) is 6.74. The Morgan fingerprint density at radius 1 is 1.28 bits per heavy atom. The van der Waals surface area contributed by atoms with E-state index < -0.39 is 0 Å². The first-order chi connectivity index (χ1) is 11.7. The number of nitrogens with zero attached hydrogens (tertiary/aromatic N) is 2. The van der Waals surface area contributed by atoms with Gasteiger partial charge >= 0.3 is 0 Å². The fourth-order valence-corrected chi connectivity index (χ4v) is 2.73. The zero-order valence-electron chi connectivity index (χ0n) is 15.5. The van der Waals surface area contributed by atoms with E-state index in [0.717, 1.165) is 56.7 Å². The largest absolute Gasteiger partial charge is 0.496 e. The van der Waals surface area contributed by atoms with Gasteiger partial charge in [0, 0.05) is 37.8 Å². The maximum atomic E-state index is 5.41. The lowest BCUT2D eigenvalue weighted by Gasteiger charge is -2.32. The number of para-hydroxylation sites is 1. The average Bonchev–Trinajstić information content (AvgIpc) is 2.64. The maximum absolute atomic E-state index is 5.41. The summed E-state index contributed by atoms with van der Waals surface area (Å²) in [5.41, 5.74) is 1.08. The van der Waals surface area contributed by atoms with E-state index in [4.69, 9.17) is 9.47 Å². The molecule has 1 unspecified atom stereocenters. The normalized spacial score (nSPS) is 16.7. The Balaban J connectivity index is 0.00000312. The summed E-state index contributed by atoms with van der Waals surface area (Å²) in [5.74, 6) is 1.71. The molecule has 1 aliphatic rings. The smallest absolute Gasteiger partial charge is 0.191 e. The molecule has 6 nitrogen and oxygen atoms in total. The lowest BCUT2D eigenvalue weighted by Crippen LogP contribution is -2.49. The number of hydrogen-bond acceptors (Lipinski definition) is 4. The lowest BCUT2D eigenvalue weighted by atomic mass is 10.2. The highest BCUT2D eigenvalue weighted by Crippen LogP contribution is 2.17. The van der Waals surface area contributed by atoms with Crippen LogP contribution in [0.3, 0.4) is 0 Å². The first kappa shape index (κ1) is 22.0. The molecular formula is C18H31IN4O2. The molecule has 0 amide bonds. The van der Waals surface area contributed by atoms with Crippen LogP contribution in [0.2, 0.25) is 0 Å². The molecule has 0 spiro atoms. The van der Waals surface area contributed by atoms with Crippen LogP contribution >= 0.6 is 24.0 Å². The van der Waals surface area contributed by atoms with Crippen LogP contribution in [-0.2, 0) is 11.3 Å². The van der Waals surface area contributed by atoms with E-state index in [9.17, 15) is 0 Å². The molecule has 2 N–H and O–H groups in total. The van der Waals surface area contributed by atoms with Gasteiger partial charge < -0.3 is 20.1 Å². The number of guanidine groups is 1. The highest BCUT2D eigenvalue weighted by Gasteiger charge is 2.17. The third-order valence-corrected chi connectivity index (χ3v) is 4.18. The van der Waals surface area contributed by atoms with Crippen LogP contribution in [0.1, 0.15) is 19.4 Å². The minimum Gasteiger partial charge on any atom is -0.496 e. The van der Waals surface area contributed by atoms with Gasteiger partial charge in [0.15, 0.2) is 5.96 Å². The SMILES string of the molecule is CCNC(=NCc1ccccc1OC)NCC(C)N1CCOCC1.I. The van der Waals surface area contributed by atoms with Crippen LogP contribution in [-0.4, -0.2) is 63.4 Å². The Labute approximate surface area is 168 Å². The molecule has 0 bridgehead atoms. The number of ether oxygens (including phenoxy) is 2.